The number of nitrogens with one attached hydrogen (secondary N) is 1. The summed E-state index contributed by atoms with van der Waals surface area (Å²) in [4.78, 5) is 32.5. The number of hydrogen-bond acceptors (Lipinski definition) is 2. The fraction of sp³-hybridized carbons (Fsp3) is 0.455. The minimum atomic E-state index is 0.0612. The van der Waals surface area contributed by atoms with Crippen LogP contribution >= 0.6 is 0 Å². The third-order valence-electron chi connectivity index (χ3n) is 5.39. The van der Waals surface area contributed by atoms with Crippen molar-refractivity contribution >= 4 is 11.8 Å². The molecule has 1 aliphatic rings. The molecule has 3 rings (SSSR count). The number of H-pyrrole nitrogens is 1. The highest BCUT2D eigenvalue weighted by atomic mass is 16.2. The molecule has 1 saturated heterocycles. The summed E-state index contributed by atoms with van der Waals surface area (Å²) in [5.41, 5.74) is 5.12. The van der Waals surface area contributed by atoms with E-state index in [1.165, 1.54) is 11.1 Å². The van der Waals surface area contributed by atoms with Crippen LogP contribution in [-0.4, -0.2) is 52.8 Å². The molecule has 0 bridgehead atoms. The van der Waals surface area contributed by atoms with E-state index in [0.29, 0.717) is 26.1 Å². The van der Waals surface area contributed by atoms with Crippen molar-refractivity contribution in [3.8, 4) is 0 Å². The Morgan fingerprint density at radius 1 is 1.00 bits per heavy atom. The molecule has 0 atom stereocenters. The van der Waals surface area contributed by atoms with Crippen LogP contribution in [0, 0.1) is 20.8 Å². The van der Waals surface area contributed by atoms with Crippen LogP contribution in [0.25, 0.3) is 0 Å². The van der Waals surface area contributed by atoms with Gasteiger partial charge in [-0.25, -0.2) is 0 Å². The zero-order valence-corrected chi connectivity index (χ0v) is 16.5. The van der Waals surface area contributed by atoms with Gasteiger partial charge in [0.25, 0.3) is 5.91 Å². The van der Waals surface area contributed by atoms with Crippen molar-refractivity contribution in [1.82, 2.24) is 14.8 Å². The lowest BCUT2D eigenvalue weighted by atomic mass is 10.0. The predicted molar refractivity (Wildman–Crippen MR) is 107 cm³/mol. The number of carbonyl (C=O) groups is 2. The fourth-order valence-corrected chi connectivity index (χ4v) is 3.78. The zero-order chi connectivity index (χ0) is 19.4. The van der Waals surface area contributed by atoms with E-state index in [4.69, 9.17) is 0 Å². The van der Waals surface area contributed by atoms with Crippen LogP contribution in [0.3, 0.4) is 0 Å². The molecule has 27 heavy (non-hydrogen) atoms. The molecule has 0 unspecified atom stereocenters. The highest BCUT2D eigenvalue weighted by Gasteiger charge is 2.24. The van der Waals surface area contributed by atoms with Gasteiger partial charge in [-0.3, -0.25) is 9.59 Å². The summed E-state index contributed by atoms with van der Waals surface area (Å²) in [6.45, 7) is 8.60. The Hall–Kier alpha value is -2.56. The number of aryl methyl sites for hydroxylation is 4. The smallest absolute Gasteiger partial charge is 0.255 e. The van der Waals surface area contributed by atoms with E-state index in [2.05, 4.69) is 24.0 Å². The van der Waals surface area contributed by atoms with Gasteiger partial charge in [0.2, 0.25) is 5.91 Å². The third kappa shape index (κ3) is 4.59. The van der Waals surface area contributed by atoms with Gasteiger partial charge in [0.05, 0.1) is 5.56 Å². The lowest BCUT2D eigenvalue weighted by Gasteiger charge is -2.22. The summed E-state index contributed by atoms with van der Waals surface area (Å²) in [6.07, 6.45) is 2.12. The Morgan fingerprint density at radius 2 is 1.70 bits per heavy atom. The molecule has 144 valence electrons. The summed E-state index contributed by atoms with van der Waals surface area (Å²) in [5.74, 6) is 0.243. The molecule has 2 aromatic rings. The topological polar surface area (TPSA) is 56.4 Å². The molecule has 1 N–H and O–H groups in total. The molecule has 1 fully saturated rings. The van der Waals surface area contributed by atoms with Crippen molar-refractivity contribution in [3.05, 3.63) is 58.4 Å². The number of aromatic amines is 1. The molecule has 2 heterocycles. The quantitative estimate of drug-likeness (QED) is 0.902. The standard InChI is InChI=1S/C22H29N3O2/c1-16-7-4-5-8-19(16)9-10-21(26)24-11-6-12-25(14-13-24)22(27)20-15-17(2)23-18(20)3/h4-5,7-8,15,23H,6,9-14H2,1-3H3. The van der Waals surface area contributed by atoms with E-state index in [0.717, 1.165) is 36.3 Å². The van der Waals surface area contributed by atoms with Crippen molar-refractivity contribution in [2.75, 3.05) is 26.2 Å². The van der Waals surface area contributed by atoms with Crippen molar-refractivity contribution in [2.45, 2.75) is 40.0 Å². The Balaban J connectivity index is 1.56. The SMILES string of the molecule is Cc1cc(C(=O)N2CCCN(C(=O)CCc3ccccc3C)CC2)c(C)[nH]1. The van der Waals surface area contributed by atoms with E-state index in [-0.39, 0.29) is 11.8 Å². The van der Waals surface area contributed by atoms with Crippen LogP contribution in [0.4, 0.5) is 0 Å². The van der Waals surface area contributed by atoms with Crippen LogP contribution in [-0.2, 0) is 11.2 Å². The largest absolute Gasteiger partial charge is 0.362 e. The maximum absolute atomic E-state index is 12.8. The second-order valence-electron chi connectivity index (χ2n) is 7.44. The average Bonchev–Trinajstić information content (AvgIpc) is 2.85. The van der Waals surface area contributed by atoms with Crippen LogP contribution < -0.4 is 0 Å². The normalized spacial score (nSPS) is 14.9. The summed E-state index contributed by atoms with van der Waals surface area (Å²) in [5, 5.41) is 0. The summed E-state index contributed by atoms with van der Waals surface area (Å²) in [6, 6.07) is 10.1. The molecular weight excluding hydrogens is 338 g/mol. The van der Waals surface area contributed by atoms with E-state index < -0.39 is 0 Å². The van der Waals surface area contributed by atoms with Crippen LogP contribution in [0.2, 0.25) is 0 Å². The van der Waals surface area contributed by atoms with Gasteiger partial charge in [0.1, 0.15) is 0 Å². The highest BCUT2D eigenvalue weighted by Crippen LogP contribution is 2.16. The van der Waals surface area contributed by atoms with Crippen molar-refractivity contribution < 1.29 is 9.59 Å². The zero-order valence-electron chi connectivity index (χ0n) is 16.5. The number of nitrogens with zero attached hydrogens (tertiary/aromatic N) is 2. The number of rotatable bonds is 4. The summed E-state index contributed by atoms with van der Waals surface area (Å²) >= 11 is 0. The van der Waals surface area contributed by atoms with Gasteiger partial charge in [0.15, 0.2) is 0 Å². The van der Waals surface area contributed by atoms with Gasteiger partial charge < -0.3 is 14.8 Å². The second kappa shape index (κ2) is 8.42. The van der Waals surface area contributed by atoms with Gasteiger partial charge in [-0.05, 0) is 50.8 Å². The number of hydrogen-bond donors (Lipinski definition) is 1. The molecule has 1 aromatic carbocycles. The van der Waals surface area contributed by atoms with Gasteiger partial charge in [-0.15, -0.1) is 0 Å². The Bertz CT molecular complexity index is 825. The Labute approximate surface area is 161 Å². The molecule has 1 aliphatic heterocycles. The Morgan fingerprint density at radius 3 is 2.41 bits per heavy atom. The first kappa shape index (κ1) is 19.2. The molecule has 0 radical (unpaired) electrons. The summed E-state index contributed by atoms with van der Waals surface area (Å²) in [7, 11) is 0. The maximum atomic E-state index is 12.8. The average molecular weight is 367 g/mol. The molecule has 5 heteroatoms. The van der Waals surface area contributed by atoms with Crippen LogP contribution in [0.5, 0.6) is 0 Å². The van der Waals surface area contributed by atoms with E-state index in [1.807, 2.05) is 41.8 Å². The van der Waals surface area contributed by atoms with Gasteiger partial charge in [-0.2, -0.15) is 0 Å². The lowest BCUT2D eigenvalue weighted by Crippen LogP contribution is -2.37. The number of amides is 2. The van der Waals surface area contributed by atoms with Gasteiger partial charge in [0, 0.05) is 44.0 Å². The van der Waals surface area contributed by atoms with Crippen molar-refractivity contribution in [2.24, 2.45) is 0 Å². The number of carbonyl (C=O) groups excluding carboxylic acids is 2. The van der Waals surface area contributed by atoms with Gasteiger partial charge in [-0.1, -0.05) is 24.3 Å². The lowest BCUT2D eigenvalue weighted by molar-refractivity contribution is -0.131. The van der Waals surface area contributed by atoms with E-state index >= 15 is 0 Å². The van der Waals surface area contributed by atoms with Crippen LogP contribution in [0.15, 0.2) is 30.3 Å². The maximum Gasteiger partial charge on any atom is 0.255 e. The van der Waals surface area contributed by atoms with Crippen molar-refractivity contribution in [1.29, 1.82) is 0 Å². The number of benzene rings is 1. The molecule has 0 saturated carbocycles. The van der Waals surface area contributed by atoms with Gasteiger partial charge >= 0.3 is 0 Å². The molecule has 2 amide bonds. The molecule has 0 aliphatic carbocycles. The summed E-state index contributed by atoms with van der Waals surface area (Å²) < 4.78 is 0. The molecular formula is C22H29N3O2. The predicted octanol–water partition coefficient (Wildman–Crippen LogP) is 3.25. The monoisotopic (exact) mass is 367 g/mol. The first-order chi connectivity index (χ1) is 13.0. The number of aromatic nitrogens is 1. The second-order valence-corrected chi connectivity index (χ2v) is 7.44. The van der Waals surface area contributed by atoms with E-state index in [1.54, 1.807) is 0 Å². The highest BCUT2D eigenvalue weighted by molar-refractivity contribution is 5.95. The van der Waals surface area contributed by atoms with E-state index in [9.17, 15) is 9.59 Å². The third-order valence-corrected chi connectivity index (χ3v) is 5.39. The minimum absolute atomic E-state index is 0.0612. The van der Waals surface area contributed by atoms with Crippen molar-refractivity contribution in [3.63, 3.8) is 0 Å². The van der Waals surface area contributed by atoms with Crippen LogP contribution in [0.1, 0.15) is 45.7 Å². The first-order valence-electron chi connectivity index (χ1n) is 9.73. The minimum Gasteiger partial charge on any atom is -0.362 e. The molecule has 0 spiro atoms. The fourth-order valence-electron chi connectivity index (χ4n) is 3.78. The Kier molecular flexibility index (Phi) is 5.99. The molecule has 5 nitrogen and oxygen atoms in total. The molecule has 1 aromatic heterocycles. The first-order valence-corrected chi connectivity index (χ1v) is 9.73.